The summed E-state index contributed by atoms with van der Waals surface area (Å²) in [5.41, 5.74) is 2.43. The first kappa shape index (κ1) is 23.5. The van der Waals surface area contributed by atoms with Gasteiger partial charge in [0.25, 0.3) is 5.91 Å². The topological polar surface area (TPSA) is 102 Å². The SMILES string of the molecule is COC(=O)[C@H](Cc1cccc(S(C)(=O)=O)c1)NC(=O)c1c(Cl)cc2c(c1Cl)CCNC2. The molecule has 10 heteroatoms. The summed E-state index contributed by atoms with van der Waals surface area (Å²) in [6.07, 6.45) is 1.79. The Morgan fingerprint density at radius 2 is 2.00 bits per heavy atom. The largest absolute Gasteiger partial charge is 0.467 e. The van der Waals surface area contributed by atoms with Crippen molar-refractivity contribution in [3.05, 3.63) is 62.6 Å². The normalized spacial score (nSPS) is 14.5. The Balaban J connectivity index is 1.89. The zero-order chi connectivity index (χ0) is 22.8. The molecular formula is C21H22Cl2N2O5S. The molecule has 1 heterocycles. The van der Waals surface area contributed by atoms with Gasteiger partial charge in [-0.15, -0.1) is 0 Å². The van der Waals surface area contributed by atoms with E-state index in [1.54, 1.807) is 18.2 Å². The van der Waals surface area contributed by atoms with E-state index in [4.69, 9.17) is 27.9 Å². The van der Waals surface area contributed by atoms with Crippen LogP contribution in [0.2, 0.25) is 10.0 Å². The molecule has 3 rings (SSSR count). The second-order valence-corrected chi connectivity index (χ2v) is 10.1. The Labute approximate surface area is 191 Å². The summed E-state index contributed by atoms with van der Waals surface area (Å²) in [6.45, 7) is 1.34. The van der Waals surface area contributed by atoms with E-state index in [-0.39, 0.29) is 26.9 Å². The first-order valence-corrected chi connectivity index (χ1v) is 12.1. The average molecular weight is 485 g/mol. The number of rotatable bonds is 6. The van der Waals surface area contributed by atoms with Crippen LogP contribution < -0.4 is 10.6 Å². The van der Waals surface area contributed by atoms with Crippen LogP contribution in [0.1, 0.15) is 27.0 Å². The maximum atomic E-state index is 13.0. The number of methoxy groups -OCH3 is 1. The van der Waals surface area contributed by atoms with Crippen molar-refractivity contribution in [1.82, 2.24) is 10.6 Å². The van der Waals surface area contributed by atoms with Crippen LogP contribution >= 0.6 is 23.2 Å². The monoisotopic (exact) mass is 484 g/mol. The minimum atomic E-state index is -3.42. The van der Waals surface area contributed by atoms with Crippen molar-refractivity contribution in [2.24, 2.45) is 0 Å². The van der Waals surface area contributed by atoms with Gasteiger partial charge in [-0.25, -0.2) is 13.2 Å². The maximum Gasteiger partial charge on any atom is 0.328 e. The Morgan fingerprint density at radius 1 is 1.26 bits per heavy atom. The van der Waals surface area contributed by atoms with Gasteiger partial charge in [-0.2, -0.15) is 0 Å². The number of benzene rings is 2. The molecule has 2 N–H and O–H groups in total. The molecule has 0 aliphatic carbocycles. The van der Waals surface area contributed by atoms with Gasteiger partial charge in [0.2, 0.25) is 0 Å². The van der Waals surface area contributed by atoms with E-state index in [9.17, 15) is 18.0 Å². The van der Waals surface area contributed by atoms with Crippen LogP contribution in [0.4, 0.5) is 0 Å². The summed E-state index contributed by atoms with van der Waals surface area (Å²) < 4.78 is 28.5. The lowest BCUT2D eigenvalue weighted by Gasteiger charge is -2.22. The summed E-state index contributed by atoms with van der Waals surface area (Å²) in [7, 11) is -2.21. The van der Waals surface area contributed by atoms with Gasteiger partial charge < -0.3 is 15.4 Å². The summed E-state index contributed by atoms with van der Waals surface area (Å²) in [5, 5.41) is 6.31. The zero-order valence-corrected chi connectivity index (χ0v) is 19.3. The molecule has 2 aromatic carbocycles. The molecule has 2 aromatic rings. The van der Waals surface area contributed by atoms with E-state index in [1.807, 2.05) is 0 Å². The second-order valence-electron chi connectivity index (χ2n) is 7.28. The van der Waals surface area contributed by atoms with Gasteiger partial charge in [0.1, 0.15) is 6.04 Å². The smallest absolute Gasteiger partial charge is 0.328 e. The summed E-state index contributed by atoms with van der Waals surface area (Å²) in [5.74, 6) is -1.28. The van der Waals surface area contributed by atoms with Crippen LogP contribution in [-0.2, 0) is 38.8 Å². The Morgan fingerprint density at radius 3 is 2.68 bits per heavy atom. The highest BCUT2D eigenvalue weighted by atomic mass is 35.5. The van der Waals surface area contributed by atoms with E-state index >= 15 is 0 Å². The number of nitrogens with one attached hydrogen (secondary N) is 2. The first-order chi connectivity index (χ1) is 14.6. The van der Waals surface area contributed by atoms with E-state index in [2.05, 4.69) is 10.6 Å². The fourth-order valence-corrected chi connectivity index (χ4v) is 4.94. The maximum absolute atomic E-state index is 13.0. The molecule has 0 bridgehead atoms. The van der Waals surface area contributed by atoms with Crippen molar-refractivity contribution in [2.45, 2.75) is 30.3 Å². The number of hydrogen-bond acceptors (Lipinski definition) is 6. The molecule has 1 aliphatic rings. The number of esters is 1. The number of carbonyl (C=O) groups is 2. The van der Waals surface area contributed by atoms with Crippen LogP contribution in [0.3, 0.4) is 0 Å². The van der Waals surface area contributed by atoms with E-state index in [0.717, 1.165) is 23.9 Å². The van der Waals surface area contributed by atoms with Crippen molar-refractivity contribution >= 4 is 44.9 Å². The average Bonchev–Trinajstić information content (AvgIpc) is 2.72. The van der Waals surface area contributed by atoms with Crippen LogP contribution in [0, 0.1) is 0 Å². The highest BCUT2D eigenvalue weighted by Gasteiger charge is 2.27. The fraction of sp³-hybridized carbons (Fsp3) is 0.333. The molecule has 1 atom stereocenters. The number of ether oxygens (including phenoxy) is 1. The Hall–Kier alpha value is -2.13. The predicted molar refractivity (Wildman–Crippen MR) is 118 cm³/mol. The zero-order valence-electron chi connectivity index (χ0n) is 17.0. The van der Waals surface area contributed by atoms with Crippen LogP contribution in [-0.4, -0.2) is 46.2 Å². The van der Waals surface area contributed by atoms with E-state index in [1.165, 1.54) is 19.2 Å². The third-order valence-electron chi connectivity index (χ3n) is 5.06. The first-order valence-electron chi connectivity index (χ1n) is 9.50. The minimum Gasteiger partial charge on any atom is -0.467 e. The number of hydrogen-bond donors (Lipinski definition) is 2. The van der Waals surface area contributed by atoms with Gasteiger partial charge in [0.05, 0.1) is 27.6 Å². The lowest BCUT2D eigenvalue weighted by molar-refractivity contribution is -0.142. The Kier molecular flexibility index (Phi) is 7.26. The predicted octanol–water partition coefficient (Wildman–Crippen LogP) is 2.56. The van der Waals surface area contributed by atoms with Crippen molar-refractivity contribution in [3.63, 3.8) is 0 Å². The summed E-state index contributed by atoms with van der Waals surface area (Å²) in [6, 6.07) is 6.81. The molecule has 0 aromatic heterocycles. The highest BCUT2D eigenvalue weighted by Crippen LogP contribution is 2.33. The van der Waals surface area contributed by atoms with Crippen LogP contribution in [0.5, 0.6) is 0 Å². The van der Waals surface area contributed by atoms with Gasteiger partial charge >= 0.3 is 5.97 Å². The van der Waals surface area contributed by atoms with Gasteiger partial charge in [-0.1, -0.05) is 35.3 Å². The van der Waals surface area contributed by atoms with Gasteiger partial charge in [-0.05, 0) is 47.9 Å². The molecule has 166 valence electrons. The molecule has 1 aliphatic heterocycles. The molecule has 0 saturated heterocycles. The lowest BCUT2D eigenvalue weighted by atomic mass is 9.97. The molecule has 7 nitrogen and oxygen atoms in total. The third-order valence-corrected chi connectivity index (χ3v) is 6.89. The number of sulfone groups is 1. The second kappa shape index (κ2) is 9.56. The number of carbonyl (C=O) groups excluding carboxylic acids is 2. The van der Waals surface area contributed by atoms with Gasteiger partial charge in [0, 0.05) is 19.2 Å². The van der Waals surface area contributed by atoms with E-state index < -0.39 is 27.8 Å². The molecule has 0 fully saturated rings. The Bertz CT molecular complexity index is 1130. The minimum absolute atomic E-state index is 0.0336. The third kappa shape index (κ3) is 5.38. The van der Waals surface area contributed by atoms with Gasteiger partial charge in [-0.3, -0.25) is 4.79 Å². The standard InChI is InChI=1S/C21H22Cl2N2O5S/c1-30-21(27)17(9-12-4-3-5-14(8-12)31(2,28)29)25-20(26)18-16(22)10-13-11-24-7-6-15(13)19(18)23/h3-5,8,10,17,24H,6-7,9,11H2,1-2H3,(H,25,26)/t17-/m0/s1. The number of halogens is 2. The number of fused-ring (bicyclic) bond motifs is 1. The summed E-state index contributed by atoms with van der Waals surface area (Å²) >= 11 is 12.8. The molecule has 1 amide bonds. The molecule has 0 spiro atoms. The van der Waals surface area contributed by atoms with E-state index in [0.29, 0.717) is 18.5 Å². The molecular weight excluding hydrogens is 463 g/mol. The lowest BCUT2D eigenvalue weighted by Crippen LogP contribution is -2.43. The van der Waals surface area contributed by atoms with Crippen molar-refractivity contribution < 1.29 is 22.7 Å². The molecule has 0 saturated carbocycles. The quantitative estimate of drug-likeness (QED) is 0.610. The molecule has 0 unspecified atom stereocenters. The molecule has 0 radical (unpaired) electrons. The fourth-order valence-electron chi connectivity index (χ4n) is 3.49. The van der Waals surface area contributed by atoms with Crippen LogP contribution in [0.15, 0.2) is 35.2 Å². The van der Waals surface area contributed by atoms with Crippen LogP contribution in [0.25, 0.3) is 0 Å². The highest BCUT2D eigenvalue weighted by molar-refractivity contribution is 7.90. The number of amides is 1. The van der Waals surface area contributed by atoms with Crippen molar-refractivity contribution in [2.75, 3.05) is 19.9 Å². The van der Waals surface area contributed by atoms with Crippen molar-refractivity contribution in [1.29, 1.82) is 0 Å². The van der Waals surface area contributed by atoms with Crippen molar-refractivity contribution in [3.8, 4) is 0 Å². The molecule has 31 heavy (non-hydrogen) atoms. The summed E-state index contributed by atoms with van der Waals surface area (Å²) in [4.78, 5) is 25.5. The van der Waals surface area contributed by atoms with Gasteiger partial charge in [0.15, 0.2) is 9.84 Å².